The van der Waals surface area contributed by atoms with E-state index in [1.54, 1.807) is 7.11 Å². The van der Waals surface area contributed by atoms with Crippen LogP contribution in [0.1, 0.15) is 38.2 Å². The van der Waals surface area contributed by atoms with Gasteiger partial charge in [-0.1, -0.05) is 13.8 Å². The van der Waals surface area contributed by atoms with Gasteiger partial charge in [-0.05, 0) is 30.4 Å². The summed E-state index contributed by atoms with van der Waals surface area (Å²) >= 11 is 0. The van der Waals surface area contributed by atoms with E-state index in [1.165, 1.54) is 18.4 Å². The van der Waals surface area contributed by atoms with Crippen LogP contribution in [0, 0.1) is 5.92 Å². The molecule has 0 atom stereocenters. The summed E-state index contributed by atoms with van der Waals surface area (Å²) < 4.78 is 5.54. The standard InChI is InChI=1S/C17H25N3O2/c1-12(2)17(21)20-8-6-19(7-9-20)16-15(22-3)10-14(11-18-16)13-4-5-13/h10-13H,4-9H2,1-3H3. The molecule has 5 nitrogen and oxygen atoms in total. The van der Waals surface area contributed by atoms with E-state index in [-0.39, 0.29) is 11.8 Å². The third-order valence-electron chi connectivity index (χ3n) is 4.51. The molecule has 1 aromatic heterocycles. The van der Waals surface area contributed by atoms with Crippen molar-refractivity contribution in [1.29, 1.82) is 0 Å². The van der Waals surface area contributed by atoms with Crippen LogP contribution in [0.2, 0.25) is 0 Å². The molecule has 1 aliphatic carbocycles. The number of amides is 1. The van der Waals surface area contributed by atoms with Gasteiger partial charge in [0.15, 0.2) is 11.6 Å². The Hall–Kier alpha value is -1.78. The third kappa shape index (κ3) is 3.03. The first-order chi connectivity index (χ1) is 10.6. The number of hydrogen-bond donors (Lipinski definition) is 0. The first kappa shape index (κ1) is 15.1. The lowest BCUT2D eigenvalue weighted by atomic mass is 10.1. The van der Waals surface area contributed by atoms with Gasteiger partial charge >= 0.3 is 0 Å². The third-order valence-corrected chi connectivity index (χ3v) is 4.51. The van der Waals surface area contributed by atoms with Gasteiger partial charge < -0.3 is 14.5 Å². The van der Waals surface area contributed by atoms with Crippen molar-refractivity contribution in [3.05, 3.63) is 17.8 Å². The highest BCUT2D eigenvalue weighted by Gasteiger charge is 2.28. The number of anilines is 1. The predicted molar refractivity (Wildman–Crippen MR) is 86.4 cm³/mol. The van der Waals surface area contributed by atoms with Crippen molar-refractivity contribution in [3.8, 4) is 5.75 Å². The molecule has 2 fully saturated rings. The number of aromatic nitrogens is 1. The van der Waals surface area contributed by atoms with Gasteiger partial charge in [-0.3, -0.25) is 4.79 Å². The topological polar surface area (TPSA) is 45.7 Å². The molecule has 1 saturated carbocycles. The van der Waals surface area contributed by atoms with Crippen molar-refractivity contribution >= 4 is 11.7 Å². The van der Waals surface area contributed by atoms with Gasteiger partial charge in [-0.2, -0.15) is 0 Å². The smallest absolute Gasteiger partial charge is 0.225 e. The zero-order chi connectivity index (χ0) is 15.7. The van der Waals surface area contributed by atoms with Crippen LogP contribution in [0.4, 0.5) is 5.82 Å². The lowest BCUT2D eigenvalue weighted by Gasteiger charge is -2.36. The Balaban J connectivity index is 1.69. The SMILES string of the molecule is COc1cc(C2CC2)cnc1N1CCN(C(=O)C(C)C)CC1. The van der Waals surface area contributed by atoms with Crippen LogP contribution >= 0.6 is 0 Å². The normalized spacial score (nSPS) is 18.7. The number of piperazine rings is 1. The number of ether oxygens (including phenoxy) is 1. The molecule has 2 heterocycles. The summed E-state index contributed by atoms with van der Waals surface area (Å²) in [6, 6.07) is 2.13. The van der Waals surface area contributed by atoms with Gasteiger partial charge in [0.1, 0.15) is 0 Å². The quantitative estimate of drug-likeness (QED) is 0.856. The maximum Gasteiger partial charge on any atom is 0.225 e. The second-order valence-electron chi connectivity index (χ2n) is 6.54. The Labute approximate surface area is 132 Å². The molecule has 0 radical (unpaired) electrons. The van der Waals surface area contributed by atoms with E-state index < -0.39 is 0 Å². The van der Waals surface area contributed by atoms with Crippen molar-refractivity contribution in [2.45, 2.75) is 32.6 Å². The maximum absolute atomic E-state index is 12.1. The summed E-state index contributed by atoms with van der Waals surface area (Å²) in [5.41, 5.74) is 1.29. The molecule has 1 amide bonds. The summed E-state index contributed by atoms with van der Waals surface area (Å²) in [7, 11) is 1.70. The number of hydrogen-bond acceptors (Lipinski definition) is 4. The summed E-state index contributed by atoms with van der Waals surface area (Å²) in [6.45, 7) is 7.04. The Morgan fingerprint density at radius 1 is 1.27 bits per heavy atom. The van der Waals surface area contributed by atoms with Gasteiger partial charge in [0.25, 0.3) is 0 Å². The molecule has 3 rings (SSSR count). The summed E-state index contributed by atoms with van der Waals surface area (Å²) in [5.74, 6) is 2.74. The Morgan fingerprint density at radius 2 is 1.95 bits per heavy atom. The minimum absolute atomic E-state index is 0.0667. The first-order valence-electron chi connectivity index (χ1n) is 8.17. The van der Waals surface area contributed by atoms with Crippen molar-refractivity contribution < 1.29 is 9.53 Å². The van der Waals surface area contributed by atoms with E-state index in [0.29, 0.717) is 5.92 Å². The van der Waals surface area contributed by atoms with Gasteiger partial charge in [0.2, 0.25) is 5.91 Å². The molecule has 22 heavy (non-hydrogen) atoms. The molecule has 1 saturated heterocycles. The average molecular weight is 303 g/mol. The van der Waals surface area contributed by atoms with Crippen molar-refractivity contribution in [3.63, 3.8) is 0 Å². The van der Waals surface area contributed by atoms with Crippen LogP contribution in [0.5, 0.6) is 5.75 Å². The largest absolute Gasteiger partial charge is 0.493 e. The Morgan fingerprint density at radius 3 is 2.50 bits per heavy atom. The Bertz CT molecular complexity index is 547. The molecule has 0 unspecified atom stereocenters. The van der Waals surface area contributed by atoms with Crippen molar-refractivity contribution in [2.24, 2.45) is 5.92 Å². The fourth-order valence-corrected chi connectivity index (χ4v) is 2.98. The van der Waals surface area contributed by atoms with Gasteiger partial charge in [-0.15, -0.1) is 0 Å². The van der Waals surface area contributed by atoms with Gasteiger partial charge in [0, 0.05) is 38.3 Å². The minimum Gasteiger partial charge on any atom is -0.493 e. The molecule has 1 aliphatic heterocycles. The van der Waals surface area contributed by atoms with Gasteiger partial charge in [-0.25, -0.2) is 4.98 Å². The fourth-order valence-electron chi connectivity index (χ4n) is 2.98. The van der Waals surface area contributed by atoms with E-state index in [0.717, 1.165) is 37.7 Å². The van der Waals surface area contributed by atoms with Crippen LogP contribution in [0.15, 0.2) is 12.3 Å². The minimum atomic E-state index is 0.0667. The summed E-state index contributed by atoms with van der Waals surface area (Å²) in [5, 5.41) is 0. The molecular weight excluding hydrogens is 278 g/mol. The number of methoxy groups -OCH3 is 1. The van der Waals surface area contributed by atoms with Crippen LogP contribution in [0.3, 0.4) is 0 Å². The highest BCUT2D eigenvalue weighted by atomic mass is 16.5. The lowest BCUT2D eigenvalue weighted by Crippen LogP contribution is -2.50. The molecule has 120 valence electrons. The van der Waals surface area contributed by atoms with E-state index in [9.17, 15) is 4.79 Å². The number of carbonyl (C=O) groups excluding carboxylic acids is 1. The molecular formula is C17H25N3O2. The zero-order valence-corrected chi connectivity index (χ0v) is 13.7. The second kappa shape index (κ2) is 6.15. The van der Waals surface area contributed by atoms with Crippen LogP contribution in [-0.4, -0.2) is 49.1 Å². The zero-order valence-electron chi connectivity index (χ0n) is 13.7. The van der Waals surface area contributed by atoms with Crippen LogP contribution in [0.25, 0.3) is 0 Å². The van der Waals surface area contributed by atoms with Crippen LogP contribution < -0.4 is 9.64 Å². The first-order valence-corrected chi connectivity index (χ1v) is 8.17. The maximum atomic E-state index is 12.1. The number of rotatable bonds is 4. The summed E-state index contributed by atoms with van der Waals surface area (Å²) in [4.78, 5) is 20.9. The lowest BCUT2D eigenvalue weighted by molar-refractivity contribution is -0.134. The number of carbonyl (C=O) groups is 1. The number of nitrogens with zero attached hydrogens (tertiary/aromatic N) is 3. The molecule has 0 N–H and O–H groups in total. The molecule has 5 heteroatoms. The molecule has 2 aliphatic rings. The van der Waals surface area contributed by atoms with E-state index >= 15 is 0 Å². The Kier molecular flexibility index (Phi) is 4.23. The molecule has 0 aromatic carbocycles. The molecule has 1 aromatic rings. The van der Waals surface area contributed by atoms with E-state index in [1.807, 2.05) is 24.9 Å². The summed E-state index contributed by atoms with van der Waals surface area (Å²) in [6.07, 6.45) is 4.52. The average Bonchev–Trinajstić information content (AvgIpc) is 3.38. The monoisotopic (exact) mass is 303 g/mol. The predicted octanol–water partition coefficient (Wildman–Crippen LogP) is 2.27. The molecule has 0 spiro atoms. The second-order valence-corrected chi connectivity index (χ2v) is 6.54. The van der Waals surface area contributed by atoms with Gasteiger partial charge in [0.05, 0.1) is 7.11 Å². The van der Waals surface area contributed by atoms with E-state index in [2.05, 4.69) is 16.0 Å². The van der Waals surface area contributed by atoms with Crippen molar-refractivity contribution in [1.82, 2.24) is 9.88 Å². The van der Waals surface area contributed by atoms with E-state index in [4.69, 9.17) is 4.74 Å². The fraction of sp³-hybridized carbons (Fsp3) is 0.647. The highest BCUT2D eigenvalue weighted by Crippen LogP contribution is 2.42. The van der Waals surface area contributed by atoms with Crippen LogP contribution in [-0.2, 0) is 4.79 Å². The van der Waals surface area contributed by atoms with Crippen molar-refractivity contribution in [2.75, 3.05) is 38.2 Å². The number of pyridine rings is 1. The highest BCUT2D eigenvalue weighted by molar-refractivity contribution is 5.78. The molecule has 0 bridgehead atoms.